The van der Waals surface area contributed by atoms with Crippen molar-refractivity contribution >= 4 is 51.5 Å². The maximum Gasteiger partial charge on any atom is 0.276 e. The summed E-state index contributed by atoms with van der Waals surface area (Å²) in [5, 5.41) is 5.24. The number of thiocarbonyl (C=S) groups is 1. The summed E-state index contributed by atoms with van der Waals surface area (Å²) in [5.74, 6) is -0.211. The summed E-state index contributed by atoms with van der Waals surface area (Å²) in [4.78, 5) is 24.2. The Hall–Kier alpha value is -3.16. The molecule has 3 rings (SSSR count). The second-order valence-electron chi connectivity index (χ2n) is 6.57. The average Bonchev–Trinajstić information content (AvgIpc) is 2.73. The molecule has 0 radical (unpaired) electrons. The number of rotatable bonds is 5. The Bertz CT molecular complexity index is 1100. The van der Waals surface area contributed by atoms with E-state index in [0.29, 0.717) is 10.8 Å². The SMILES string of the molecule is Cc1cc(OCC(=O)NNC(=S)NC(=O)Cc2cccc3ccccc23)ccc1Cl. The van der Waals surface area contributed by atoms with E-state index >= 15 is 0 Å². The van der Waals surface area contributed by atoms with Crippen molar-refractivity contribution in [2.24, 2.45) is 0 Å². The van der Waals surface area contributed by atoms with Gasteiger partial charge < -0.3 is 10.1 Å². The van der Waals surface area contributed by atoms with E-state index in [1.165, 1.54) is 0 Å². The van der Waals surface area contributed by atoms with Gasteiger partial charge in [-0.3, -0.25) is 20.4 Å². The molecule has 30 heavy (non-hydrogen) atoms. The third-order valence-corrected chi connectivity index (χ3v) is 4.93. The molecule has 0 aromatic heterocycles. The van der Waals surface area contributed by atoms with Gasteiger partial charge >= 0.3 is 0 Å². The first-order valence-electron chi connectivity index (χ1n) is 9.16. The number of hydrogen-bond acceptors (Lipinski definition) is 4. The van der Waals surface area contributed by atoms with Crippen LogP contribution in [0, 0.1) is 6.92 Å². The van der Waals surface area contributed by atoms with Crippen LogP contribution in [0.2, 0.25) is 5.02 Å². The molecule has 0 aliphatic heterocycles. The number of hydrazine groups is 1. The standard InChI is InChI=1S/C22H20ClN3O3S/c1-14-11-17(9-10-19(14)23)29-13-21(28)25-26-22(30)24-20(27)12-16-7-4-6-15-5-2-3-8-18(15)16/h2-11H,12-13H2,1H3,(H,25,28)(H2,24,26,27,30). The first kappa shape index (κ1) is 21.5. The van der Waals surface area contributed by atoms with Crippen LogP contribution in [0.15, 0.2) is 60.7 Å². The molecule has 2 amide bonds. The molecule has 3 N–H and O–H groups in total. The Labute approximate surface area is 184 Å². The highest BCUT2D eigenvalue weighted by molar-refractivity contribution is 7.80. The van der Waals surface area contributed by atoms with Crippen molar-refractivity contribution in [1.82, 2.24) is 16.2 Å². The monoisotopic (exact) mass is 441 g/mol. The first-order chi connectivity index (χ1) is 14.4. The molecule has 0 aliphatic rings. The molecule has 0 heterocycles. The van der Waals surface area contributed by atoms with Gasteiger partial charge in [0.15, 0.2) is 11.7 Å². The van der Waals surface area contributed by atoms with E-state index < -0.39 is 5.91 Å². The van der Waals surface area contributed by atoms with Crippen LogP contribution in [0.5, 0.6) is 5.75 Å². The molecule has 0 saturated heterocycles. The minimum Gasteiger partial charge on any atom is -0.484 e. The highest BCUT2D eigenvalue weighted by atomic mass is 35.5. The molecule has 0 fully saturated rings. The molecule has 0 bridgehead atoms. The van der Waals surface area contributed by atoms with Gasteiger partial charge in [-0.25, -0.2) is 0 Å². The summed E-state index contributed by atoms with van der Waals surface area (Å²) in [5.41, 5.74) is 6.62. The van der Waals surface area contributed by atoms with E-state index in [1.807, 2.05) is 49.4 Å². The van der Waals surface area contributed by atoms with Gasteiger partial charge in [0.1, 0.15) is 5.75 Å². The molecule has 3 aromatic rings. The molecule has 8 heteroatoms. The Morgan fingerprint density at radius 3 is 2.57 bits per heavy atom. The summed E-state index contributed by atoms with van der Waals surface area (Å²) >= 11 is 11.0. The quantitative estimate of drug-likeness (QED) is 0.417. The van der Waals surface area contributed by atoms with Gasteiger partial charge in [0.2, 0.25) is 5.91 Å². The molecule has 0 unspecified atom stereocenters. The highest BCUT2D eigenvalue weighted by Crippen LogP contribution is 2.21. The molecule has 154 valence electrons. The molecular weight excluding hydrogens is 422 g/mol. The number of fused-ring (bicyclic) bond motifs is 1. The number of carbonyl (C=O) groups is 2. The fourth-order valence-corrected chi connectivity index (χ4v) is 3.12. The zero-order valence-corrected chi connectivity index (χ0v) is 17.8. The van der Waals surface area contributed by atoms with Gasteiger partial charge in [-0.15, -0.1) is 0 Å². The molecule has 0 saturated carbocycles. The van der Waals surface area contributed by atoms with E-state index in [4.69, 9.17) is 28.6 Å². The maximum atomic E-state index is 12.3. The Kier molecular flexibility index (Phi) is 7.21. The van der Waals surface area contributed by atoms with Crippen LogP contribution in [0.1, 0.15) is 11.1 Å². The molecule has 0 aliphatic carbocycles. The molecule has 0 spiro atoms. The lowest BCUT2D eigenvalue weighted by molar-refractivity contribution is -0.124. The number of aryl methyl sites for hydroxylation is 1. The molecule has 0 atom stereocenters. The Balaban J connectivity index is 1.44. The van der Waals surface area contributed by atoms with Crippen molar-refractivity contribution in [3.63, 3.8) is 0 Å². The number of carbonyl (C=O) groups excluding carboxylic acids is 2. The van der Waals surface area contributed by atoms with Crippen molar-refractivity contribution in [3.8, 4) is 5.75 Å². The minimum absolute atomic E-state index is 0.00377. The van der Waals surface area contributed by atoms with Gasteiger partial charge in [-0.1, -0.05) is 54.1 Å². The van der Waals surface area contributed by atoms with Gasteiger partial charge in [0, 0.05) is 5.02 Å². The van der Waals surface area contributed by atoms with E-state index in [2.05, 4.69) is 16.2 Å². The fraction of sp³-hybridized carbons (Fsp3) is 0.136. The lowest BCUT2D eigenvalue weighted by Crippen LogP contribution is -2.49. The summed E-state index contributed by atoms with van der Waals surface area (Å²) in [6.45, 7) is 1.62. The van der Waals surface area contributed by atoms with Crippen molar-refractivity contribution in [2.75, 3.05) is 6.61 Å². The number of benzene rings is 3. The van der Waals surface area contributed by atoms with Crippen molar-refractivity contribution in [2.45, 2.75) is 13.3 Å². The molecule has 3 aromatic carbocycles. The molecule has 6 nitrogen and oxygen atoms in total. The zero-order chi connectivity index (χ0) is 21.5. The second kappa shape index (κ2) is 10.0. The minimum atomic E-state index is -0.451. The first-order valence-corrected chi connectivity index (χ1v) is 9.95. The third kappa shape index (κ3) is 5.92. The summed E-state index contributed by atoms with van der Waals surface area (Å²) in [6, 6.07) is 18.7. The van der Waals surface area contributed by atoms with Gasteiger partial charge in [-0.2, -0.15) is 0 Å². The second-order valence-corrected chi connectivity index (χ2v) is 7.38. The summed E-state index contributed by atoms with van der Waals surface area (Å²) < 4.78 is 5.40. The van der Waals surface area contributed by atoms with Crippen molar-refractivity contribution < 1.29 is 14.3 Å². The third-order valence-electron chi connectivity index (χ3n) is 4.30. The Morgan fingerprint density at radius 1 is 1.00 bits per heavy atom. The van der Waals surface area contributed by atoms with Crippen LogP contribution < -0.4 is 20.9 Å². The van der Waals surface area contributed by atoms with Crippen LogP contribution in [-0.2, 0) is 16.0 Å². The lowest BCUT2D eigenvalue weighted by atomic mass is 10.0. The summed E-state index contributed by atoms with van der Waals surface area (Å²) in [6.07, 6.45) is 0.163. The van der Waals surface area contributed by atoms with Crippen LogP contribution in [0.3, 0.4) is 0 Å². The normalized spacial score (nSPS) is 10.3. The lowest BCUT2D eigenvalue weighted by Gasteiger charge is -2.12. The predicted octanol–water partition coefficient (Wildman–Crippen LogP) is 3.45. The van der Waals surface area contributed by atoms with E-state index in [0.717, 1.165) is 21.9 Å². The van der Waals surface area contributed by atoms with Crippen molar-refractivity contribution in [1.29, 1.82) is 0 Å². The number of amides is 2. The van der Waals surface area contributed by atoms with E-state index in [9.17, 15) is 9.59 Å². The van der Waals surface area contributed by atoms with Crippen LogP contribution >= 0.6 is 23.8 Å². The number of hydrogen-bond donors (Lipinski definition) is 3. The van der Waals surface area contributed by atoms with Crippen LogP contribution in [0.4, 0.5) is 0 Å². The van der Waals surface area contributed by atoms with Gasteiger partial charge in [0.25, 0.3) is 5.91 Å². The largest absolute Gasteiger partial charge is 0.484 e. The highest BCUT2D eigenvalue weighted by Gasteiger charge is 2.10. The zero-order valence-electron chi connectivity index (χ0n) is 16.2. The average molecular weight is 442 g/mol. The van der Waals surface area contributed by atoms with E-state index in [1.54, 1.807) is 18.2 Å². The molecular formula is C22H20ClN3O3S. The van der Waals surface area contributed by atoms with Crippen LogP contribution in [-0.4, -0.2) is 23.5 Å². The maximum absolute atomic E-state index is 12.3. The van der Waals surface area contributed by atoms with Crippen molar-refractivity contribution in [3.05, 3.63) is 76.8 Å². The van der Waals surface area contributed by atoms with Gasteiger partial charge in [0.05, 0.1) is 6.42 Å². The summed E-state index contributed by atoms with van der Waals surface area (Å²) in [7, 11) is 0. The van der Waals surface area contributed by atoms with E-state index in [-0.39, 0.29) is 24.0 Å². The van der Waals surface area contributed by atoms with Gasteiger partial charge in [-0.05, 0) is 59.2 Å². The number of ether oxygens (including phenoxy) is 1. The topological polar surface area (TPSA) is 79.5 Å². The smallest absolute Gasteiger partial charge is 0.276 e. The fourth-order valence-electron chi connectivity index (χ4n) is 2.84. The predicted molar refractivity (Wildman–Crippen MR) is 121 cm³/mol. The number of halogens is 1. The number of nitrogens with one attached hydrogen (secondary N) is 3. The Morgan fingerprint density at radius 2 is 1.77 bits per heavy atom. The van der Waals surface area contributed by atoms with Crippen LogP contribution in [0.25, 0.3) is 10.8 Å².